The van der Waals surface area contributed by atoms with E-state index in [1.165, 1.54) is 0 Å². The van der Waals surface area contributed by atoms with Crippen LogP contribution in [0.15, 0.2) is 84.6 Å². The minimum atomic E-state index is -0.704. The lowest BCUT2D eigenvalue weighted by Crippen LogP contribution is -2.58. The summed E-state index contributed by atoms with van der Waals surface area (Å²) in [6.07, 6.45) is 4.67. The summed E-state index contributed by atoms with van der Waals surface area (Å²) in [5, 5.41) is 0. The second-order valence-corrected chi connectivity index (χ2v) is 11.9. The van der Waals surface area contributed by atoms with E-state index in [9.17, 15) is 14.4 Å². The van der Waals surface area contributed by atoms with E-state index in [-0.39, 0.29) is 17.7 Å². The first kappa shape index (κ1) is 28.4. The lowest BCUT2D eigenvalue weighted by atomic mass is 9.83. The lowest BCUT2D eigenvalue weighted by Gasteiger charge is -2.41. The molecular formula is C34H37N3O4. The molecule has 0 spiro atoms. The number of pyridine rings is 1. The van der Waals surface area contributed by atoms with Crippen molar-refractivity contribution in [2.45, 2.75) is 51.3 Å². The Labute approximate surface area is 241 Å². The van der Waals surface area contributed by atoms with Gasteiger partial charge in [0.25, 0.3) is 5.91 Å². The van der Waals surface area contributed by atoms with Crippen molar-refractivity contribution in [3.8, 4) is 0 Å². The van der Waals surface area contributed by atoms with Gasteiger partial charge in [-0.3, -0.25) is 14.6 Å². The van der Waals surface area contributed by atoms with E-state index in [1.807, 2.05) is 88.6 Å². The summed E-state index contributed by atoms with van der Waals surface area (Å²) in [6, 6.07) is 21.9. The molecule has 2 fully saturated rings. The van der Waals surface area contributed by atoms with Crippen LogP contribution in [0.25, 0.3) is 6.08 Å². The molecule has 3 heterocycles. The van der Waals surface area contributed by atoms with Gasteiger partial charge in [-0.1, -0.05) is 74.5 Å². The van der Waals surface area contributed by atoms with Gasteiger partial charge in [-0.25, -0.2) is 4.79 Å². The van der Waals surface area contributed by atoms with Crippen molar-refractivity contribution in [3.63, 3.8) is 0 Å². The maximum Gasteiger partial charge on any atom is 0.330 e. The fourth-order valence-corrected chi connectivity index (χ4v) is 5.92. The minimum Gasteiger partial charge on any atom is -0.451 e. The maximum atomic E-state index is 13.8. The molecule has 0 bridgehead atoms. The van der Waals surface area contributed by atoms with Gasteiger partial charge >= 0.3 is 5.97 Å². The number of hydrogen-bond acceptors (Lipinski definition) is 6. The molecule has 2 atom stereocenters. The number of β-lactam (4-membered cyclic amide) rings is 1. The molecule has 41 heavy (non-hydrogen) atoms. The van der Waals surface area contributed by atoms with Gasteiger partial charge in [-0.05, 0) is 68.2 Å². The number of benzene rings is 2. The van der Waals surface area contributed by atoms with Crippen LogP contribution in [0.5, 0.6) is 0 Å². The number of carbonyl (C=O) groups excluding carboxylic acids is 3. The zero-order chi connectivity index (χ0) is 29.1. The van der Waals surface area contributed by atoms with Crippen molar-refractivity contribution in [1.82, 2.24) is 14.8 Å². The summed E-state index contributed by atoms with van der Waals surface area (Å²) in [7, 11) is 3.97. The lowest BCUT2D eigenvalue weighted by molar-refractivity contribution is -0.162. The zero-order valence-corrected chi connectivity index (χ0v) is 24.1. The van der Waals surface area contributed by atoms with E-state index in [4.69, 9.17) is 4.74 Å². The van der Waals surface area contributed by atoms with E-state index in [0.717, 1.165) is 24.1 Å². The molecule has 2 aliphatic rings. The van der Waals surface area contributed by atoms with Gasteiger partial charge in [0.1, 0.15) is 6.04 Å². The third-order valence-corrected chi connectivity index (χ3v) is 7.99. The zero-order valence-electron chi connectivity index (χ0n) is 24.1. The first-order valence-electron chi connectivity index (χ1n) is 14.1. The van der Waals surface area contributed by atoms with Crippen LogP contribution in [0.1, 0.15) is 66.4 Å². The van der Waals surface area contributed by atoms with Gasteiger partial charge in [0.2, 0.25) is 0 Å². The van der Waals surface area contributed by atoms with Crippen LogP contribution >= 0.6 is 0 Å². The first-order chi connectivity index (χ1) is 19.7. The molecule has 2 saturated heterocycles. The Morgan fingerprint density at radius 3 is 2.29 bits per heavy atom. The predicted octanol–water partition coefficient (Wildman–Crippen LogP) is 5.33. The Balaban J connectivity index is 1.34. The summed E-state index contributed by atoms with van der Waals surface area (Å²) in [5.74, 6) is -0.541. The van der Waals surface area contributed by atoms with Crippen molar-refractivity contribution in [2.24, 2.45) is 5.41 Å². The van der Waals surface area contributed by atoms with Crippen LogP contribution < -0.4 is 0 Å². The van der Waals surface area contributed by atoms with E-state index in [1.54, 1.807) is 29.3 Å². The van der Waals surface area contributed by atoms with Crippen LogP contribution in [0.4, 0.5) is 0 Å². The van der Waals surface area contributed by atoms with E-state index in [0.29, 0.717) is 29.7 Å². The van der Waals surface area contributed by atoms with Crippen molar-refractivity contribution in [1.29, 1.82) is 0 Å². The number of amides is 1. The third kappa shape index (κ3) is 6.00. The Morgan fingerprint density at radius 2 is 1.68 bits per heavy atom. The molecule has 2 aliphatic heterocycles. The molecule has 7 nitrogen and oxygen atoms in total. The fourth-order valence-electron chi connectivity index (χ4n) is 5.92. The molecule has 5 rings (SSSR count). The Morgan fingerprint density at radius 1 is 1.05 bits per heavy atom. The van der Waals surface area contributed by atoms with Crippen molar-refractivity contribution in [3.05, 3.63) is 107 Å². The van der Waals surface area contributed by atoms with Gasteiger partial charge in [0.05, 0.1) is 11.7 Å². The van der Waals surface area contributed by atoms with E-state index in [2.05, 4.69) is 9.88 Å². The molecule has 2 aromatic carbocycles. The predicted molar refractivity (Wildman–Crippen MR) is 158 cm³/mol. The van der Waals surface area contributed by atoms with Crippen molar-refractivity contribution in [2.75, 3.05) is 20.6 Å². The number of aromatic nitrogens is 1. The highest BCUT2D eigenvalue weighted by atomic mass is 16.5. The summed E-state index contributed by atoms with van der Waals surface area (Å²) < 4.78 is 6.18. The van der Waals surface area contributed by atoms with Crippen LogP contribution in [0.2, 0.25) is 0 Å². The smallest absolute Gasteiger partial charge is 0.330 e. The molecule has 7 heteroatoms. The van der Waals surface area contributed by atoms with Gasteiger partial charge in [-0.15, -0.1) is 0 Å². The maximum absolute atomic E-state index is 13.8. The molecule has 1 aromatic heterocycles. The number of fused-ring (bicyclic) bond motifs is 1. The van der Waals surface area contributed by atoms with Crippen molar-refractivity contribution >= 4 is 23.7 Å². The number of rotatable bonds is 10. The molecule has 1 unspecified atom stereocenters. The fraction of sp³-hybridized carbons (Fsp3) is 0.353. The normalized spacial score (nSPS) is 20.3. The number of hydrogen-bond donors (Lipinski definition) is 0. The number of ketones is 1. The first-order valence-corrected chi connectivity index (χ1v) is 14.1. The molecule has 212 valence electrons. The second kappa shape index (κ2) is 11.8. The minimum absolute atomic E-state index is 0.0617. The summed E-state index contributed by atoms with van der Waals surface area (Å²) in [6.45, 7) is 4.86. The molecule has 0 N–H and O–H groups in total. The highest BCUT2D eigenvalue weighted by Gasteiger charge is 2.61. The number of Topliss-reactive ketones (excluding diaryl/α,β-unsaturated/α-hetero) is 1. The standard InChI is InChI=1S/C34H37N3O4/c1-34(2)22-28-27(21-26-20-25(17-18-35-26)29(38)16-11-19-36(3)4)32(39)37(28)31(34)33(40)41-30(23-12-7-5-8-13-23)24-14-9-6-10-15-24/h5-10,12-15,17-18,20-21,28,30-31H,11,16,19,22H2,1-4H3/b27-21+/t28?,31-/m0/s1. The molecule has 0 aliphatic carbocycles. The SMILES string of the molecule is CN(C)CCCC(=O)c1ccnc(/C=C2/C(=O)N3C2CC(C)(C)[C@@H]3C(=O)OC(c2ccccc2)c2ccccc2)c1. The number of nitrogens with zero attached hydrogens (tertiary/aromatic N) is 3. The molecule has 3 aromatic rings. The second-order valence-electron chi connectivity index (χ2n) is 11.9. The van der Waals surface area contributed by atoms with E-state index >= 15 is 0 Å². The van der Waals surface area contributed by atoms with Crippen LogP contribution in [0, 0.1) is 5.41 Å². The topological polar surface area (TPSA) is 79.8 Å². The average Bonchev–Trinajstić information content (AvgIpc) is 3.23. The van der Waals surface area contributed by atoms with Crippen LogP contribution in [0.3, 0.4) is 0 Å². The molecule has 1 amide bonds. The van der Waals surface area contributed by atoms with Gasteiger partial charge < -0.3 is 14.5 Å². The van der Waals surface area contributed by atoms with Crippen LogP contribution in [-0.2, 0) is 14.3 Å². The summed E-state index contributed by atoms with van der Waals surface area (Å²) in [4.78, 5) is 48.0. The van der Waals surface area contributed by atoms with Gasteiger partial charge in [-0.2, -0.15) is 0 Å². The third-order valence-electron chi connectivity index (χ3n) is 7.99. The van der Waals surface area contributed by atoms with E-state index < -0.39 is 23.5 Å². The average molecular weight is 552 g/mol. The molecule has 0 radical (unpaired) electrons. The summed E-state index contributed by atoms with van der Waals surface area (Å²) in [5.41, 5.74) is 3.04. The van der Waals surface area contributed by atoms with Crippen molar-refractivity contribution < 1.29 is 19.1 Å². The monoisotopic (exact) mass is 551 g/mol. The van der Waals surface area contributed by atoms with Crippen LogP contribution in [-0.4, -0.2) is 65.2 Å². The molecule has 0 saturated carbocycles. The number of ether oxygens (including phenoxy) is 1. The Kier molecular flexibility index (Phi) is 8.18. The largest absolute Gasteiger partial charge is 0.451 e. The van der Waals surface area contributed by atoms with Gasteiger partial charge in [0.15, 0.2) is 11.9 Å². The Hall–Kier alpha value is -4.10. The Bertz CT molecular complexity index is 1410. The highest BCUT2D eigenvalue weighted by Crippen LogP contribution is 2.50. The quantitative estimate of drug-likeness (QED) is 0.147. The van der Waals surface area contributed by atoms with Gasteiger partial charge in [0, 0.05) is 23.8 Å². The highest BCUT2D eigenvalue weighted by molar-refractivity contribution is 6.08. The molecular weight excluding hydrogens is 514 g/mol. The number of esters is 1. The number of carbonyl (C=O) groups is 3. The summed E-state index contributed by atoms with van der Waals surface area (Å²) >= 11 is 0.